The summed E-state index contributed by atoms with van der Waals surface area (Å²) in [5.74, 6) is -0.0608. The van der Waals surface area contributed by atoms with Crippen LogP contribution in [0.15, 0.2) is 29.0 Å². The van der Waals surface area contributed by atoms with Crippen molar-refractivity contribution in [3.63, 3.8) is 0 Å². The van der Waals surface area contributed by atoms with E-state index in [0.29, 0.717) is 5.82 Å². The van der Waals surface area contributed by atoms with Gasteiger partial charge in [0.05, 0.1) is 11.1 Å². The van der Waals surface area contributed by atoms with Crippen LogP contribution in [-0.4, -0.2) is 20.4 Å². The van der Waals surface area contributed by atoms with Crippen molar-refractivity contribution in [1.29, 1.82) is 0 Å². The van der Waals surface area contributed by atoms with E-state index >= 15 is 0 Å². The molecule has 2 aromatic heterocycles. The summed E-state index contributed by atoms with van der Waals surface area (Å²) in [4.78, 5) is 26.2. The van der Waals surface area contributed by atoms with Crippen molar-refractivity contribution in [3.05, 3.63) is 50.4 Å². The van der Waals surface area contributed by atoms with Crippen molar-refractivity contribution in [2.75, 3.05) is 5.32 Å². The minimum absolute atomic E-state index is 0.127. The molecule has 0 aliphatic heterocycles. The van der Waals surface area contributed by atoms with E-state index in [9.17, 15) is 14.9 Å². The van der Waals surface area contributed by atoms with E-state index in [1.54, 1.807) is 19.3 Å². The second-order valence-electron chi connectivity index (χ2n) is 4.22. The zero-order valence-corrected chi connectivity index (χ0v) is 12.3. The highest BCUT2D eigenvalue weighted by Crippen LogP contribution is 2.19. The fourth-order valence-electron chi connectivity index (χ4n) is 1.66. The summed E-state index contributed by atoms with van der Waals surface area (Å²) in [6.07, 6.45) is 2.87. The Morgan fingerprint density at radius 3 is 2.75 bits per heavy atom. The zero-order valence-electron chi connectivity index (χ0n) is 10.8. The van der Waals surface area contributed by atoms with Crippen LogP contribution in [0.1, 0.15) is 16.1 Å². The predicted molar refractivity (Wildman–Crippen MR) is 76.7 cm³/mol. The number of rotatable bonds is 3. The van der Waals surface area contributed by atoms with Crippen molar-refractivity contribution in [3.8, 4) is 0 Å². The Morgan fingerprint density at radius 2 is 2.20 bits per heavy atom. The molecule has 0 aromatic carbocycles. The van der Waals surface area contributed by atoms with Gasteiger partial charge in [-0.05, 0) is 34.5 Å². The molecule has 2 heterocycles. The van der Waals surface area contributed by atoms with Gasteiger partial charge in [0.2, 0.25) is 0 Å². The van der Waals surface area contributed by atoms with E-state index in [1.165, 1.54) is 16.8 Å². The molecule has 0 aliphatic rings. The lowest BCUT2D eigenvalue weighted by Gasteiger charge is -2.06. The van der Waals surface area contributed by atoms with Crippen LogP contribution in [0.4, 0.5) is 11.5 Å². The molecule has 0 fully saturated rings. The molecule has 0 aliphatic carbocycles. The van der Waals surface area contributed by atoms with Gasteiger partial charge < -0.3 is 9.88 Å². The number of hydrogen-bond donors (Lipinski definition) is 1. The Bertz CT molecular complexity index is 696. The predicted octanol–water partition coefficient (Wildman–Crippen LogP) is 2.65. The number of aryl methyl sites for hydroxylation is 2. The molecule has 2 aromatic rings. The van der Waals surface area contributed by atoms with Gasteiger partial charge in [0.1, 0.15) is 11.5 Å². The van der Waals surface area contributed by atoms with Crippen LogP contribution in [0.2, 0.25) is 0 Å². The van der Waals surface area contributed by atoms with Gasteiger partial charge in [-0.2, -0.15) is 0 Å². The topological polar surface area (TPSA) is 90.1 Å². The molecular weight excluding hydrogens is 328 g/mol. The van der Waals surface area contributed by atoms with Gasteiger partial charge in [-0.1, -0.05) is 0 Å². The smallest absolute Gasteiger partial charge is 0.287 e. The first-order valence-electron chi connectivity index (χ1n) is 5.62. The number of nitrogens with one attached hydrogen (secondary N) is 1. The van der Waals surface area contributed by atoms with Crippen molar-refractivity contribution in [1.82, 2.24) is 9.55 Å². The normalized spacial score (nSPS) is 10.3. The van der Waals surface area contributed by atoms with Gasteiger partial charge in [-0.25, -0.2) is 4.98 Å². The van der Waals surface area contributed by atoms with Crippen LogP contribution in [-0.2, 0) is 7.05 Å². The fraction of sp³-hybridized carbons (Fsp3) is 0.167. The Balaban J connectivity index is 2.23. The van der Waals surface area contributed by atoms with Crippen molar-refractivity contribution >= 4 is 33.3 Å². The maximum Gasteiger partial charge on any atom is 0.287 e. The molecule has 20 heavy (non-hydrogen) atoms. The number of anilines is 1. The molecule has 0 radical (unpaired) electrons. The van der Waals surface area contributed by atoms with Crippen LogP contribution < -0.4 is 5.32 Å². The van der Waals surface area contributed by atoms with E-state index in [-0.39, 0.29) is 11.4 Å². The minimum atomic E-state index is -0.543. The number of carbonyl (C=O) groups excluding carboxylic acids is 1. The van der Waals surface area contributed by atoms with Crippen LogP contribution in [0.5, 0.6) is 0 Å². The molecule has 0 atom stereocenters. The maximum absolute atomic E-state index is 12.1. The van der Waals surface area contributed by atoms with E-state index in [1.807, 2.05) is 6.92 Å². The Morgan fingerprint density at radius 1 is 1.50 bits per heavy atom. The third kappa shape index (κ3) is 2.85. The molecule has 8 heteroatoms. The number of carbonyl (C=O) groups is 1. The van der Waals surface area contributed by atoms with Crippen LogP contribution >= 0.6 is 15.9 Å². The van der Waals surface area contributed by atoms with E-state index in [4.69, 9.17) is 0 Å². The van der Waals surface area contributed by atoms with Crippen molar-refractivity contribution in [2.45, 2.75) is 6.92 Å². The maximum atomic E-state index is 12.1. The molecule has 104 valence electrons. The van der Waals surface area contributed by atoms with Crippen LogP contribution in [0.3, 0.4) is 0 Å². The lowest BCUT2D eigenvalue weighted by Crippen LogP contribution is -2.16. The molecule has 0 spiro atoms. The standard InChI is InChI=1S/C12H11BrN4O3/c1-7-3-11(14-5-9(7)13)15-12(18)10-4-8(17(19)20)6-16(10)2/h3-6H,1-2H3,(H,14,15,18). The minimum Gasteiger partial charge on any atom is -0.340 e. The van der Waals surface area contributed by atoms with E-state index in [0.717, 1.165) is 10.0 Å². The number of amides is 1. The highest BCUT2D eigenvalue weighted by molar-refractivity contribution is 9.10. The Kier molecular flexibility index (Phi) is 3.84. The number of hydrogen-bond acceptors (Lipinski definition) is 4. The second-order valence-corrected chi connectivity index (χ2v) is 5.08. The highest BCUT2D eigenvalue weighted by Gasteiger charge is 2.18. The van der Waals surface area contributed by atoms with Crippen LogP contribution in [0, 0.1) is 17.0 Å². The molecule has 0 unspecified atom stereocenters. The molecule has 0 bridgehead atoms. The van der Waals surface area contributed by atoms with Gasteiger partial charge in [0, 0.05) is 23.8 Å². The van der Waals surface area contributed by atoms with E-state index in [2.05, 4.69) is 26.2 Å². The summed E-state index contributed by atoms with van der Waals surface area (Å²) in [5, 5.41) is 13.3. The molecule has 0 saturated carbocycles. The number of pyridine rings is 1. The Labute approximate surface area is 122 Å². The van der Waals surface area contributed by atoms with Gasteiger partial charge in [0.25, 0.3) is 11.6 Å². The van der Waals surface area contributed by atoms with Gasteiger partial charge in [-0.15, -0.1) is 0 Å². The van der Waals surface area contributed by atoms with Crippen molar-refractivity contribution < 1.29 is 9.72 Å². The SMILES string of the molecule is Cc1cc(NC(=O)c2cc([N+](=O)[O-])cn2C)ncc1Br. The third-order valence-electron chi connectivity index (χ3n) is 2.72. The summed E-state index contributed by atoms with van der Waals surface area (Å²) in [5.41, 5.74) is 0.991. The largest absolute Gasteiger partial charge is 0.340 e. The summed E-state index contributed by atoms with van der Waals surface area (Å²) >= 11 is 3.32. The first kappa shape index (κ1) is 14.2. The third-order valence-corrected chi connectivity index (χ3v) is 3.55. The lowest BCUT2D eigenvalue weighted by molar-refractivity contribution is -0.384. The molecular formula is C12H11BrN4O3. The summed E-state index contributed by atoms with van der Waals surface area (Å²) < 4.78 is 2.24. The molecule has 1 N–H and O–H groups in total. The monoisotopic (exact) mass is 338 g/mol. The first-order valence-corrected chi connectivity index (χ1v) is 6.42. The van der Waals surface area contributed by atoms with Crippen LogP contribution in [0.25, 0.3) is 0 Å². The number of nitrogens with zero attached hydrogens (tertiary/aromatic N) is 3. The summed E-state index contributed by atoms with van der Waals surface area (Å²) in [6.45, 7) is 1.87. The summed E-state index contributed by atoms with van der Waals surface area (Å²) in [7, 11) is 1.57. The summed E-state index contributed by atoms with van der Waals surface area (Å²) in [6, 6.07) is 2.93. The molecule has 0 saturated heterocycles. The lowest BCUT2D eigenvalue weighted by atomic mass is 10.3. The average molecular weight is 339 g/mol. The average Bonchev–Trinajstić information content (AvgIpc) is 2.76. The zero-order chi connectivity index (χ0) is 14.9. The second kappa shape index (κ2) is 5.41. The molecule has 7 nitrogen and oxygen atoms in total. The van der Waals surface area contributed by atoms with Gasteiger partial charge >= 0.3 is 0 Å². The van der Waals surface area contributed by atoms with Gasteiger partial charge in [-0.3, -0.25) is 14.9 Å². The van der Waals surface area contributed by atoms with Gasteiger partial charge in [0.15, 0.2) is 0 Å². The Hall–Kier alpha value is -2.22. The highest BCUT2D eigenvalue weighted by atomic mass is 79.9. The number of halogens is 1. The quantitative estimate of drug-likeness (QED) is 0.688. The number of nitro groups is 1. The van der Waals surface area contributed by atoms with Crippen molar-refractivity contribution in [2.24, 2.45) is 7.05 Å². The molecule has 1 amide bonds. The fourth-order valence-corrected chi connectivity index (χ4v) is 1.88. The molecule has 2 rings (SSSR count). The number of aromatic nitrogens is 2. The first-order chi connectivity index (χ1) is 9.38. The van der Waals surface area contributed by atoms with E-state index < -0.39 is 10.8 Å².